The average Bonchev–Trinajstić information content (AvgIpc) is 3.14. The van der Waals surface area contributed by atoms with Crippen LogP contribution in [0.5, 0.6) is 17.2 Å². The van der Waals surface area contributed by atoms with E-state index in [1.165, 1.54) is 5.56 Å². The van der Waals surface area contributed by atoms with Crippen molar-refractivity contribution in [2.75, 3.05) is 6.79 Å². The first-order chi connectivity index (χ1) is 16.7. The van der Waals surface area contributed by atoms with E-state index in [2.05, 4.69) is 32.9 Å². The number of fused-ring (bicyclic) bond motifs is 2. The van der Waals surface area contributed by atoms with Crippen molar-refractivity contribution in [3.05, 3.63) is 92.7 Å². The van der Waals surface area contributed by atoms with E-state index in [0.29, 0.717) is 34.5 Å². The van der Waals surface area contributed by atoms with Gasteiger partial charge < -0.3 is 18.9 Å². The van der Waals surface area contributed by atoms with Crippen molar-refractivity contribution in [2.45, 2.75) is 46.3 Å². The fraction of sp³-hybridized carbons (Fsp3) is 0.276. The molecular formula is C29H27ClO5. The Morgan fingerprint density at radius 1 is 1.06 bits per heavy atom. The van der Waals surface area contributed by atoms with Crippen LogP contribution in [0.15, 0.2) is 54.3 Å². The Hall–Kier alpha value is -3.28. The lowest BCUT2D eigenvalue weighted by Gasteiger charge is -2.21. The molecule has 0 aromatic heterocycles. The lowest BCUT2D eigenvalue weighted by atomic mass is 9.86. The van der Waals surface area contributed by atoms with Crippen LogP contribution in [-0.4, -0.2) is 12.6 Å². The van der Waals surface area contributed by atoms with Crippen LogP contribution >= 0.6 is 11.6 Å². The van der Waals surface area contributed by atoms with Crippen LogP contribution in [0.1, 0.15) is 58.9 Å². The summed E-state index contributed by atoms with van der Waals surface area (Å²) in [5.41, 5.74) is 5.25. The lowest BCUT2D eigenvalue weighted by Crippen LogP contribution is -2.14. The molecule has 0 bridgehead atoms. The van der Waals surface area contributed by atoms with Crippen LogP contribution in [0, 0.1) is 6.92 Å². The number of halogens is 1. The minimum atomic E-state index is -0.133. The third-order valence-electron chi connectivity index (χ3n) is 6.25. The molecule has 5 nitrogen and oxygen atoms in total. The van der Waals surface area contributed by atoms with Gasteiger partial charge in [0.1, 0.15) is 23.9 Å². The zero-order valence-corrected chi connectivity index (χ0v) is 21.0. The Kier molecular flexibility index (Phi) is 6.07. The van der Waals surface area contributed by atoms with Crippen molar-refractivity contribution >= 4 is 23.5 Å². The van der Waals surface area contributed by atoms with Crippen LogP contribution in [0.2, 0.25) is 5.02 Å². The highest BCUT2D eigenvalue weighted by molar-refractivity contribution is 6.30. The van der Waals surface area contributed by atoms with Gasteiger partial charge in [0.25, 0.3) is 0 Å². The van der Waals surface area contributed by atoms with Crippen molar-refractivity contribution in [2.24, 2.45) is 0 Å². The number of hydrogen-bond donors (Lipinski definition) is 0. The van der Waals surface area contributed by atoms with E-state index < -0.39 is 0 Å². The van der Waals surface area contributed by atoms with Gasteiger partial charge in [0.05, 0.1) is 12.2 Å². The highest BCUT2D eigenvalue weighted by Crippen LogP contribution is 2.40. The number of hydrogen-bond acceptors (Lipinski definition) is 5. The Morgan fingerprint density at radius 3 is 2.57 bits per heavy atom. The van der Waals surface area contributed by atoms with Crippen molar-refractivity contribution in [3.63, 3.8) is 0 Å². The molecule has 0 aliphatic carbocycles. The molecule has 3 aromatic carbocycles. The van der Waals surface area contributed by atoms with Gasteiger partial charge >= 0.3 is 0 Å². The Balaban J connectivity index is 1.36. The van der Waals surface area contributed by atoms with E-state index in [-0.39, 0.29) is 24.6 Å². The number of allylic oxidation sites excluding steroid dienone is 1. The number of rotatable bonds is 4. The third kappa shape index (κ3) is 4.66. The fourth-order valence-electron chi connectivity index (χ4n) is 4.27. The quantitative estimate of drug-likeness (QED) is 0.368. The summed E-state index contributed by atoms with van der Waals surface area (Å²) < 4.78 is 23.2. The first-order valence-corrected chi connectivity index (χ1v) is 11.9. The summed E-state index contributed by atoms with van der Waals surface area (Å²) in [4.78, 5) is 13.0. The second-order valence-electron chi connectivity index (χ2n) is 9.83. The van der Waals surface area contributed by atoms with E-state index in [1.807, 2.05) is 31.2 Å². The predicted octanol–water partition coefficient (Wildman–Crippen LogP) is 7.01. The van der Waals surface area contributed by atoms with E-state index in [9.17, 15) is 4.79 Å². The number of ketones is 1. The van der Waals surface area contributed by atoms with Crippen LogP contribution in [0.25, 0.3) is 6.08 Å². The summed E-state index contributed by atoms with van der Waals surface area (Å²) in [5.74, 6) is 2.08. The number of benzene rings is 3. The number of Topliss-reactive ketones (excluding diaryl/α,β-unsaturated/α-hetero) is 1. The maximum Gasteiger partial charge on any atom is 0.231 e. The zero-order valence-electron chi connectivity index (χ0n) is 20.2. The lowest BCUT2D eigenvalue weighted by molar-refractivity contribution is -0.0175. The van der Waals surface area contributed by atoms with Gasteiger partial charge in [-0.3, -0.25) is 4.79 Å². The van der Waals surface area contributed by atoms with Crippen LogP contribution < -0.4 is 14.2 Å². The molecule has 0 spiro atoms. The summed E-state index contributed by atoms with van der Waals surface area (Å²) in [6.45, 7) is 9.32. The molecule has 5 rings (SSSR count). The second-order valence-corrected chi connectivity index (χ2v) is 10.3. The van der Waals surface area contributed by atoms with Gasteiger partial charge in [-0.1, -0.05) is 56.6 Å². The molecule has 0 saturated heterocycles. The molecule has 0 N–H and O–H groups in total. The van der Waals surface area contributed by atoms with Crippen molar-refractivity contribution in [1.82, 2.24) is 0 Å². The first kappa shape index (κ1) is 23.5. The van der Waals surface area contributed by atoms with Gasteiger partial charge in [-0.05, 0) is 53.8 Å². The van der Waals surface area contributed by atoms with Crippen molar-refractivity contribution in [1.29, 1.82) is 0 Å². The smallest absolute Gasteiger partial charge is 0.231 e. The summed E-state index contributed by atoms with van der Waals surface area (Å²) >= 11 is 6.27. The largest absolute Gasteiger partial charge is 0.488 e. The van der Waals surface area contributed by atoms with Gasteiger partial charge in [-0.15, -0.1) is 0 Å². The second kappa shape index (κ2) is 9.06. The third-order valence-corrected chi connectivity index (χ3v) is 6.46. The van der Waals surface area contributed by atoms with E-state index in [4.69, 9.17) is 30.5 Å². The van der Waals surface area contributed by atoms with Gasteiger partial charge in [0.2, 0.25) is 5.78 Å². The van der Waals surface area contributed by atoms with Gasteiger partial charge in [-0.2, -0.15) is 0 Å². The minimum Gasteiger partial charge on any atom is -0.488 e. The average molecular weight is 491 g/mol. The molecule has 2 heterocycles. The first-order valence-electron chi connectivity index (χ1n) is 11.5. The number of carbonyl (C=O) groups excluding carboxylic acids is 1. The molecule has 2 aliphatic heterocycles. The monoisotopic (exact) mass is 490 g/mol. The van der Waals surface area contributed by atoms with E-state index in [1.54, 1.807) is 18.2 Å². The molecule has 6 heteroatoms. The molecule has 0 fully saturated rings. The van der Waals surface area contributed by atoms with E-state index >= 15 is 0 Å². The number of ether oxygens (including phenoxy) is 4. The molecule has 0 unspecified atom stereocenters. The maximum absolute atomic E-state index is 13.0. The zero-order chi connectivity index (χ0) is 24.7. The predicted molar refractivity (Wildman–Crippen MR) is 135 cm³/mol. The Labute approximate surface area is 210 Å². The summed E-state index contributed by atoms with van der Waals surface area (Å²) in [5, 5.41) is 0.598. The molecule has 0 atom stereocenters. The molecule has 0 radical (unpaired) electrons. The molecule has 3 aromatic rings. The molecule has 0 saturated carbocycles. The summed E-state index contributed by atoms with van der Waals surface area (Å²) in [7, 11) is 0. The normalized spacial score (nSPS) is 15.9. The van der Waals surface area contributed by atoms with Gasteiger partial charge in [-0.25, -0.2) is 0 Å². The highest BCUT2D eigenvalue weighted by Gasteiger charge is 2.30. The Bertz CT molecular complexity index is 1330. The molecular weight excluding hydrogens is 464 g/mol. The SMILES string of the molecule is Cc1c(OCc2cc(Cl)cc3c2OCOC3)ccc2c1O/C(=C\c1ccc(C(C)(C)C)cc1)C2=O. The van der Waals surface area contributed by atoms with Crippen LogP contribution in [-0.2, 0) is 23.4 Å². The molecule has 180 valence electrons. The fourth-order valence-corrected chi connectivity index (χ4v) is 4.54. The Morgan fingerprint density at radius 2 is 1.83 bits per heavy atom. The van der Waals surface area contributed by atoms with Crippen molar-refractivity contribution in [3.8, 4) is 17.2 Å². The topological polar surface area (TPSA) is 54.0 Å². The van der Waals surface area contributed by atoms with Gasteiger partial charge in [0.15, 0.2) is 12.6 Å². The molecule has 35 heavy (non-hydrogen) atoms. The van der Waals surface area contributed by atoms with E-state index in [0.717, 1.165) is 28.0 Å². The maximum atomic E-state index is 13.0. The van der Waals surface area contributed by atoms with Crippen molar-refractivity contribution < 1.29 is 23.7 Å². The van der Waals surface area contributed by atoms with Crippen LogP contribution in [0.3, 0.4) is 0 Å². The molecule has 0 amide bonds. The minimum absolute atomic E-state index is 0.0688. The highest BCUT2D eigenvalue weighted by atomic mass is 35.5. The summed E-state index contributed by atoms with van der Waals surface area (Å²) in [6, 6.07) is 15.4. The standard InChI is InChI=1S/C29H27ClO5/c1-17-24(33-15-20-13-22(30)12-19-14-32-16-34-28(19)20)10-9-23-26(31)25(35-27(17)23)11-18-5-7-21(8-6-18)29(2,3)4/h5-13H,14-16H2,1-4H3/b25-11-. The molecule has 2 aliphatic rings. The summed E-state index contributed by atoms with van der Waals surface area (Å²) in [6.07, 6.45) is 1.78. The van der Waals surface area contributed by atoms with Crippen LogP contribution in [0.4, 0.5) is 0 Å². The van der Waals surface area contributed by atoms with Gasteiger partial charge in [0, 0.05) is 21.7 Å². The number of carbonyl (C=O) groups is 1.